The predicted molar refractivity (Wildman–Crippen MR) is 61.6 cm³/mol. The highest BCUT2D eigenvalue weighted by molar-refractivity contribution is 4.76. The molecule has 0 saturated carbocycles. The molecule has 0 heteroatoms. The van der Waals surface area contributed by atoms with Gasteiger partial charge < -0.3 is 0 Å². The van der Waals surface area contributed by atoms with Gasteiger partial charge >= 0.3 is 0 Å². The van der Waals surface area contributed by atoms with Crippen molar-refractivity contribution in [1.29, 1.82) is 0 Å². The quantitative estimate of drug-likeness (QED) is 0.522. The lowest BCUT2D eigenvalue weighted by Crippen LogP contribution is -1.82. The summed E-state index contributed by atoms with van der Waals surface area (Å²) < 4.78 is 0. The fourth-order valence-electron chi connectivity index (χ4n) is 0.596. The molecule has 12 heavy (non-hydrogen) atoms. The molecule has 0 amide bonds. The second-order valence-corrected chi connectivity index (χ2v) is 2.54. The molecule has 0 aromatic heterocycles. The van der Waals surface area contributed by atoms with Crippen LogP contribution in [0.5, 0.6) is 0 Å². The zero-order chi connectivity index (χ0) is 10.4. The van der Waals surface area contributed by atoms with E-state index in [0.29, 0.717) is 0 Å². The molecule has 0 fully saturated rings. The highest BCUT2D eigenvalue weighted by Crippen LogP contribution is 2.02. The van der Waals surface area contributed by atoms with E-state index < -0.39 is 0 Å². The fraction of sp³-hybridized carbons (Fsp3) is 0.833. The number of allylic oxidation sites excluding steroid dienone is 2. The molecule has 0 rings (SSSR count). The van der Waals surface area contributed by atoms with Crippen molar-refractivity contribution in [2.24, 2.45) is 5.92 Å². The van der Waals surface area contributed by atoms with Gasteiger partial charge in [-0.25, -0.2) is 0 Å². The highest BCUT2D eigenvalue weighted by Gasteiger charge is 1.87. The minimum Gasteiger partial charge on any atom is -0.0917 e. The zero-order valence-corrected chi connectivity index (χ0v) is 10.1. The third kappa shape index (κ3) is 33.1. The highest BCUT2D eigenvalue weighted by atomic mass is 13.9. The summed E-state index contributed by atoms with van der Waals surface area (Å²) in [5.41, 5.74) is 0. The van der Waals surface area contributed by atoms with Crippen molar-refractivity contribution in [3.8, 4) is 0 Å². The van der Waals surface area contributed by atoms with E-state index in [1.54, 1.807) is 0 Å². The maximum absolute atomic E-state index is 2.25. The smallest absolute Gasteiger partial charge is 0.0348 e. The molecule has 0 heterocycles. The summed E-state index contributed by atoms with van der Waals surface area (Å²) in [6.45, 7) is 14.6. The Labute approximate surface area is 80.1 Å². The Morgan fingerprint density at radius 3 is 1.67 bits per heavy atom. The van der Waals surface area contributed by atoms with E-state index in [9.17, 15) is 0 Å². The summed E-state index contributed by atoms with van der Waals surface area (Å²) in [7, 11) is 0. The second kappa shape index (κ2) is 22.4. The van der Waals surface area contributed by atoms with Crippen LogP contribution in [0, 0.1) is 5.92 Å². The molecule has 0 aromatic rings. The largest absolute Gasteiger partial charge is 0.0917 e. The summed E-state index contributed by atoms with van der Waals surface area (Å²) in [6, 6.07) is 0. The van der Waals surface area contributed by atoms with Gasteiger partial charge in [0.05, 0.1) is 0 Å². The molecule has 0 aliphatic rings. The SMILES string of the molecule is C/C=C\CCC(C)C.CC.CC. The molecule has 0 aliphatic carbocycles. The van der Waals surface area contributed by atoms with Crippen LogP contribution in [0.3, 0.4) is 0 Å². The zero-order valence-electron chi connectivity index (χ0n) is 10.1. The van der Waals surface area contributed by atoms with Crippen molar-refractivity contribution in [3.63, 3.8) is 0 Å². The Morgan fingerprint density at radius 2 is 1.42 bits per heavy atom. The van der Waals surface area contributed by atoms with Crippen LogP contribution >= 0.6 is 0 Å². The van der Waals surface area contributed by atoms with Crippen molar-refractivity contribution < 1.29 is 0 Å². The molecule has 0 atom stereocenters. The standard InChI is InChI=1S/C8H16.2C2H6/c1-4-5-6-7-8(2)3;2*1-2/h4-5,8H,6-7H2,1-3H3;2*1-2H3/b5-4-;;. The monoisotopic (exact) mass is 172 g/mol. The molecule has 76 valence electrons. The predicted octanol–water partition coefficient (Wildman–Crippen LogP) is 5.05. The van der Waals surface area contributed by atoms with Crippen LogP contribution in [0.25, 0.3) is 0 Å². The summed E-state index contributed by atoms with van der Waals surface area (Å²) in [5.74, 6) is 0.853. The van der Waals surface area contributed by atoms with Gasteiger partial charge in [0.25, 0.3) is 0 Å². The molecule has 0 aromatic carbocycles. The van der Waals surface area contributed by atoms with Gasteiger partial charge in [-0.15, -0.1) is 0 Å². The maximum atomic E-state index is 2.25. The number of hydrogen-bond donors (Lipinski definition) is 0. The molecular formula is C12H28. The van der Waals surface area contributed by atoms with E-state index in [4.69, 9.17) is 0 Å². The van der Waals surface area contributed by atoms with E-state index in [0.717, 1.165) is 5.92 Å². The van der Waals surface area contributed by atoms with Gasteiger partial charge in [-0.1, -0.05) is 53.7 Å². The Hall–Kier alpha value is -0.260. The Kier molecular flexibility index (Phi) is 33.1. The first-order valence-corrected chi connectivity index (χ1v) is 5.38. The second-order valence-electron chi connectivity index (χ2n) is 2.54. The van der Waals surface area contributed by atoms with Gasteiger partial charge in [0.2, 0.25) is 0 Å². The third-order valence-electron chi connectivity index (χ3n) is 1.15. The topological polar surface area (TPSA) is 0 Å². The van der Waals surface area contributed by atoms with Crippen molar-refractivity contribution in [1.82, 2.24) is 0 Å². The Bertz CT molecular complexity index is 60.4. The molecule has 0 nitrogen and oxygen atoms in total. The summed E-state index contributed by atoms with van der Waals surface area (Å²) >= 11 is 0. The Morgan fingerprint density at radius 1 is 1.00 bits per heavy atom. The molecule has 0 saturated heterocycles. The maximum Gasteiger partial charge on any atom is -0.0348 e. The van der Waals surface area contributed by atoms with Gasteiger partial charge in [-0.05, 0) is 25.7 Å². The molecule has 0 spiro atoms. The van der Waals surface area contributed by atoms with Gasteiger partial charge in [-0.3, -0.25) is 0 Å². The minimum absolute atomic E-state index is 0.853. The normalized spacial score (nSPS) is 8.67. The van der Waals surface area contributed by atoms with Crippen LogP contribution in [-0.2, 0) is 0 Å². The first-order valence-electron chi connectivity index (χ1n) is 5.38. The van der Waals surface area contributed by atoms with Crippen LogP contribution in [0.15, 0.2) is 12.2 Å². The molecule has 0 bridgehead atoms. The van der Waals surface area contributed by atoms with E-state index in [1.165, 1.54) is 12.8 Å². The molecular weight excluding hydrogens is 144 g/mol. The third-order valence-corrected chi connectivity index (χ3v) is 1.15. The van der Waals surface area contributed by atoms with Crippen LogP contribution in [-0.4, -0.2) is 0 Å². The van der Waals surface area contributed by atoms with Crippen LogP contribution in [0.1, 0.15) is 61.3 Å². The van der Waals surface area contributed by atoms with Gasteiger partial charge in [0.15, 0.2) is 0 Å². The number of rotatable bonds is 3. The van der Waals surface area contributed by atoms with E-state index >= 15 is 0 Å². The van der Waals surface area contributed by atoms with Gasteiger partial charge in [0.1, 0.15) is 0 Å². The molecule has 0 N–H and O–H groups in total. The lowest BCUT2D eigenvalue weighted by molar-refractivity contribution is 0.594. The van der Waals surface area contributed by atoms with Crippen molar-refractivity contribution >= 4 is 0 Å². The van der Waals surface area contributed by atoms with E-state index in [1.807, 2.05) is 27.7 Å². The summed E-state index contributed by atoms with van der Waals surface area (Å²) in [6.07, 6.45) is 6.90. The average molecular weight is 172 g/mol. The summed E-state index contributed by atoms with van der Waals surface area (Å²) in [4.78, 5) is 0. The van der Waals surface area contributed by atoms with E-state index in [-0.39, 0.29) is 0 Å². The Balaban J connectivity index is -0.000000175. The van der Waals surface area contributed by atoms with Crippen molar-refractivity contribution in [2.75, 3.05) is 0 Å². The van der Waals surface area contributed by atoms with Crippen LogP contribution in [0.4, 0.5) is 0 Å². The van der Waals surface area contributed by atoms with Crippen molar-refractivity contribution in [3.05, 3.63) is 12.2 Å². The fourth-order valence-corrected chi connectivity index (χ4v) is 0.596. The van der Waals surface area contributed by atoms with Crippen LogP contribution in [0.2, 0.25) is 0 Å². The minimum atomic E-state index is 0.853. The summed E-state index contributed by atoms with van der Waals surface area (Å²) in [5, 5.41) is 0. The average Bonchev–Trinajstić information content (AvgIpc) is 2.12. The molecule has 0 unspecified atom stereocenters. The van der Waals surface area contributed by atoms with Gasteiger partial charge in [-0.2, -0.15) is 0 Å². The molecule has 0 radical (unpaired) electrons. The molecule has 0 aliphatic heterocycles. The van der Waals surface area contributed by atoms with Crippen LogP contribution < -0.4 is 0 Å². The first kappa shape index (κ1) is 17.7. The number of hydrogen-bond acceptors (Lipinski definition) is 0. The lowest BCUT2D eigenvalue weighted by atomic mass is 10.1. The lowest BCUT2D eigenvalue weighted by Gasteiger charge is -1.97. The van der Waals surface area contributed by atoms with Crippen molar-refractivity contribution in [2.45, 2.75) is 61.3 Å². The van der Waals surface area contributed by atoms with E-state index in [2.05, 4.69) is 32.9 Å². The van der Waals surface area contributed by atoms with Gasteiger partial charge in [0, 0.05) is 0 Å². The first-order chi connectivity index (χ1) is 5.77.